The standard InChI is InChI=1S/C80H48N6/c1-3-17-49(18-4-1)77-79-67-46-56(35-38-64(67)72-33-16-34-75(81-77)85(72)79)57-37-40-73-66(44-57)63-29-9-12-32-71(63)84(73)60-26-15-24-54(43-60)58-47-74-65-39-36-55(45-68(65)80-78(50-19-5-2-6-20-50)82-76(48-58)86(74)80)52-22-13-21-51(41-52)53-23-14-25-59(42-53)83-69-30-10-7-27-61(69)62-28-8-11-31-70(62)83/h1-48H. The monoisotopic (exact) mass is 1090 g/mol. The summed E-state index contributed by atoms with van der Waals surface area (Å²) in [5, 5.41) is 9.76. The van der Waals surface area contributed by atoms with Crippen LogP contribution in [0.3, 0.4) is 0 Å². The Hall–Kier alpha value is -11.6. The highest BCUT2D eigenvalue weighted by Gasteiger charge is 2.24. The molecule has 0 radical (unpaired) electrons. The largest absolute Gasteiger partial charge is 0.309 e. The Balaban J connectivity index is 0.713. The van der Waals surface area contributed by atoms with Crippen LogP contribution < -0.4 is 0 Å². The van der Waals surface area contributed by atoms with Crippen LogP contribution in [0.25, 0.3) is 177 Å². The van der Waals surface area contributed by atoms with Crippen molar-refractivity contribution in [3.63, 3.8) is 0 Å². The second-order valence-electron chi connectivity index (χ2n) is 22.9. The van der Waals surface area contributed by atoms with Gasteiger partial charge in [-0.25, -0.2) is 9.97 Å². The van der Waals surface area contributed by atoms with Crippen LogP contribution in [0.15, 0.2) is 291 Å². The van der Waals surface area contributed by atoms with E-state index in [-0.39, 0.29) is 0 Å². The van der Waals surface area contributed by atoms with E-state index in [1.165, 1.54) is 81.9 Å². The number of hydrogen-bond donors (Lipinski definition) is 0. The van der Waals surface area contributed by atoms with Crippen molar-refractivity contribution < 1.29 is 0 Å². The fourth-order valence-corrected chi connectivity index (χ4v) is 14.4. The van der Waals surface area contributed by atoms with E-state index in [0.717, 1.165) is 95.0 Å². The maximum Gasteiger partial charge on any atom is 0.139 e. The molecule has 8 heterocycles. The second kappa shape index (κ2) is 18.0. The van der Waals surface area contributed by atoms with E-state index in [2.05, 4.69) is 309 Å². The lowest BCUT2D eigenvalue weighted by molar-refractivity contribution is 1.18. The molecule has 11 aromatic carbocycles. The normalized spacial score (nSPS) is 12.2. The third-order valence-electron chi connectivity index (χ3n) is 18.2. The lowest BCUT2D eigenvalue weighted by Gasteiger charge is -2.12. The molecule has 19 rings (SSSR count). The number of fused-ring (bicyclic) bond motifs is 12. The zero-order chi connectivity index (χ0) is 56.1. The van der Waals surface area contributed by atoms with E-state index in [1.54, 1.807) is 0 Å². The lowest BCUT2D eigenvalue weighted by Crippen LogP contribution is -1.94. The summed E-state index contributed by atoms with van der Waals surface area (Å²) < 4.78 is 9.53. The van der Waals surface area contributed by atoms with Crippen LogP contribution in [0.1, 0.15) is 0 Å². The number of hydrogen-bond acceptors (Lipinski definition) is 2. The van der Waals surface area contributed by atoms with E-state index in [4.69, 9.17) is 9.97 Å². The van der Waals surface area contributed by atoms with Gasteiger partial charge in [-0.1, -0.05) is 194 Å². The number of imidazole rings is 2. The molecule has 0 aliphatic carbocycles. The summed E-state index contributed by atoms with van der Waals surface area (Å²) in [5.74, 6) is 0. The zero-order valence-corrected chi connectivity index (χ0v) is 46.4. The van der Waals surface area contributed by atoms with Crippen molar-refractivity contribution in [2.75, 3.05) is 0 Å². The molecule has 19 aromatic rings. The van der Waals surface area contributed by atoms with Gasteiger partial charge in [0.25, 0.3) is 0 Å². The predicted octanol–water partition coefficient (Wildman–Crippen LogP) is 20.7. The molecule has 0 spiro atoms. The van der Waals surface area contributed by atoms with Crippen LogP contribution in [-0.4, -0.2) is 27.9 Å². The zero-order valence-electron chi connectivity index (χ0n) is 46.4. The molecule has 0 saturated heterocycles. The van der Waals surface area contributed by atoms with E-state index in [0.29, 0.717) is 0 Å². The van der Waals surface area contributed by atoms with Gasteiger partial charge in [0.1, 0.15) is 11.3 Å². The van der Waals surface area contributed by atoms with Gasteiger partial charge in [-0.05, 0) is 142 Å². The van der Waals surface area contributed by atoms with Crippen molar-refractivity contribution in [2.45, 2.75) is 0 Å². The molecule has 86 heavy (non-hydrogen) atoms. The van der Waals surface area contributed by atoms with Crippen LogP contribution in [0.5, 0.6) is 0 Å². The van der Waals surface area contributed by atoms with Gasteiger partial charge in [-0.15, -0.1) is 0 Å². The maximum atomic E-state index is 5.50. The van der Waals surface area contributed by atoms with Crippen molar-refractivity contribution in [3.05, 3.63) is 291 Å². The van der Waals surface area contributed by atoms with Crippen molar-refractivity contribution in [3.8, 4) is 78.4 Å². The quantitative estimate of drug-likeness (QED) is 0.152. The first-order valence-corrected chi connectivity index (χ1v) is 29.5. The third-order valence-corrected chi connectivity index (χ3v) is 18.2. The number of rotatable bonds is 8. The number of benzene rings is 11. The van der Waals surface area contributed by atoms with Gasteiger partial charge in [0.05, 0.1) is 55.5 Å². The van der Waals surface area contributed by atoms with Gasteiger partial charge in [-0.3, -0.25) is 8.80 Å². The fraction of sp³-hybridized carbons (Fsp3) is 0. The van der Waals surface area contributed by atoms with E-state index < -0.39 is 0 Å². The van der Waals surface area contributed by atoms with Gasteiger partial charge in [0.2, 0.25) is 0 Å². The van der Waals surface area contributed by atoms with Crippen molar-refractivity contribution in [2.24, 2.45) is 0 Å². The summed E-state index contributed by atoms with van der Waals surface area (Å²) >= 11 is 0. The Kier molecular flexibility index (Phi) is 9.80. The molecule has 0 aliphatic rings. The summed E-state index contributed by atoms with van der Waals surface area (Å²) in [4.78, 5) is 10.7. The number of pyridine rings is 2. The molecular formula is C80H48N6. The van der Waals surface area contributed by atoms with Gasteiger partial charge in [-0.2, -0.15) is 0 Å². The molecule has 0 bridgehead atoms. The molecule has 0 atom stereocenters. The van der Waals surface area contributed by atoms with E-state index >= 15 is 0 Å². The molecule has 0 aliphatic heterocycles. The Labute approximate surface area is 493 Å². The van der Waals surface area contributed by atoms with E-state index in [1.807, 2.05) is 0 Å². The first-order chi connectivity index (χ1) is 42.6. The molecular weight excluding hydrogens is 1040 g/mol. The minimum Gasteiger partial charge on any atom is -0.309 e. The third kappa shape index (κ3) is 6.83. The van der Waals surface area contributed by atoms with Crippen molar-refractivity contribution in [1.29, 1.82) is 0 Å². The lowest BCUT2D eigenvalue weighted by atomic mass is 9.97. The SMILES string of the molecule is c1ccc(-c2nc3cccc4c5ccc(-c6ccc7c(c6)c6ccccc6n7-c6cccc(-c7cc8nc(-c9ccccc9)c9c%10cc(-c%11cccc(-c%12cccc(-n%13c%14ccccc%14c%14ccccc%14%13)c%12)c%11)ccc%10c(c7)n89)c6)cc5c2n34)cc1. The van der Waals surface area contributed by atoms with Gasteiger partial charge in [0, 0.05) is 65.6 Å². The molecule has 0 unspecified atom stereocenters. The van der Waals surface area contributed by atoms with Crippen LogP contribution in [-0.2, 0) is 0 Å². The van der Waals surface area contributed by atoms with Crippen molar-refractivity contribution >= 4 is 98.5 Å². The molecule has 8 aromatic heterocycles. The van der Waals surface area contributed by atoms with Crippen LogP contribution in [0.4, 0.5) is 0 Å². The minimum atomic E-state index is 0.924. The first kappa shape index (κ1) is 46.9. The van der Waals surface area contributed by atoms with Gasteiger partial charge in [0.15, 0.2) is 0 Å². The maximum absolute atomic E-state index is 5.50. The molecule has 0 N–H and O–H groups in total. The molecule has 0 fully saturated rings. The van der Waals surface area contributed by atoms with Gasteiger partial charge < -0.3 is 9.13 Å². The number of para-hydroxylation sites is 3. The highest BCUT2D eigenvalue weighted by atomic mass is 15.0. The second-order valence-corrected chi connectivity index (χ2v) is 22.9. The summed E-state index contributed by atoms with van der Waals surface area (Å²) in [5.41, 5.74) is 26.9. The van der Waals surface area contributed by atoms with Crippen molar-refractivity contribution in [1.82, 2.24) is 27.9 Å². The Morgan fingerprint density at radius 2 is 0.581 bits per heavy atom. The topological polar surface area (TPSA) is 44.5 Å². The minimum absolute atomic E-state index is 0.924. The van der Waals surface area contributed by atoms with Gasteiger partial charge >= 0.3 is 0 Å². The average Bonchev–Trinajstić information content (AvgIpc) is 1.85. The van der Waals surface area contributed by atoms with Crippen LogP contribution >= 0.6 is 0 Å². The fourth-order valence-electron chi connectivity index (χ4n) is 14.4. The molecule has 6 nitrogen and oxygen atoms in total. The van der Waals surface area contributed by atoms with Crippen LogP contribution in [0, 0.1) is 0 Å². The highest BCUT2D eigenvalue weighted by Crippen LogP contribution is 2.44. The first-order valence-electron chi connectivity index (χ1n) is 29.5. The summed E-state index contributed by atoms with van der Waals surface area (Å²) in [6, 6.07) is 106. The predicted molar refractivity (Wildman–Crippen MR) is 358 cm³/mol. The Bertz CT molecular complexity index is 5900. The van der Waals surface area contributed by atoms with E-state index in [9.17, 15) is 0 Å². The molecule has 0 saturated carbocycles. The number of nitrogens with zero attached hydrogens (tertiary/aromatic N) is 6. The smallest absolute Gasteiger partial charge is 0.139 e. The average molecular weight is 1090 g/mol. The molecule has 6 heteroatoms. The Morgan fingerprint density at radius 3 is 1.16 bits per heavy atom. The summed E-state index contributed by atoms with van der Waals surface area (Å²) in [7, 11) is 0. The summed E-state index contributed by atoms with van der Waals surface area (Å²) in [6.07, 6.45) is 0. The number of aromatic nitrogens is 6. The summed E-state index contributed by atoms with van der Waals surface area (Å²) in [6.45, 7) is 0. The molecule has 0 amide bonds. The van der Waals surface area contributed by atoms with Crippen LogP contribution in [0.2, 0.25) is 0 Å². The molecule has 398 valence electrons. The Morgan fingerprint density at radius 1 is 0.198 bits per heavy atom. The highest BCUT2D eigenvalue weighted by molar-refractivity contribution is 6.18.